The molecule has 0 amide bonds. The van der Waals surface area contributed by atoms with Crippen molar-refractivity contribution in [2.45, 2.75) is 26.2 Å². The molecule has 60 valence electrons. The van der Waals surface area contributed by atoms with Crippen molar-refractivity contribution in [3.63, 3.8) is 0 Å². The molecule has 0 radical (unpaired) electrons. The van der Waals surface area contributed by atoms with Gasteiger partial charge in [0.05, 0.1) is 0 Å². The number of hydrogen-bond donors (Lipinski definition) is 0. The summed E-state index contributed by atoms with van der Waals surface area (Å²) in [5, 5.41) is 0. The number of carbonyl (C=O) groups excluding carboxylic acids is 1. The first kappa shape index (κ1) is 8.25. The second-order valence-corrected chi connectivity index (χ2v) is 2.99. The molecule has 1 atom stereocenters. The van der Waals surface area contributed by atoms with E-state index in [0.29, 0.717) is 5.92 Å². The van der Waals surface area contributed by atoms with Crippen LogP contribution in [0.25, 0.3) is 0 Å². The predicted molar refractivity (Wildman–Crippen MR) is 46.3 cm³/mol. The van der Waals surface area contributed by atoms with Crippen LogP contribution in [0.4, 0.5) is 0 Å². The Morgan fingerprint density at radius 2 is 2.45 bits per heavy atom. The molecular weight excluding hydrogens is 136 g/mol. The van der Waals surface area contributed by atoms with Crippen LogP contribution in [0.5, 0.6) is 0 Å². The third-order valence-electron chi connectivity index (χ3n) is 1.87. The number of ketones is 1. The van der Waals surface area contributed by atoms with Crippen molar-refractivity contribution in [1.82, 2.24) is 0 Å². The molecule has 1 aliphatic rings. The van der Waals surface area contributed by atoms with Crippen LogP contribution in [0.2, 0.25) is 0 Å². The zero-order valence-electron chi connectivity index (χ0n) is 6.92. The average molecular weight is 150 g/mol. The van der Waals surface area contributed by atoms with Crippen LogP contribution in [0.15, 0.2) is 24.3 Å². The molecule has 11 heavy (non-hydrogen) atoms. The summed E-state index contributed by atoms with van der Waals surface area (Å²) in [6.45, 7) is 1.59. The molecule has 0 fully saturated rings. The number of allylic oxidation sites excluding steroid dienone is 4. The topological polar surface area (TPSA) is 17.1 Å². The summed E-state index contributed by atoms with van der Waals surface area (Å²) in [6.07, 6.45) is 11.7. The van der Waals surface area contributed by atoms with Gasteiger partial charge in [-0.3, -0.25) is 4.79 Å². The molecule has 0 aromatic carbocycles. The van der Waals surface area contributed by atoms with E-state index in [-0.39, 0.29) is 5.78 Å². The quantitative estimate of drug-likeness (QED) is 0.436. The minimum absolute atomic E-state index is 0.143. The van der Waals surface area contributed by atoms with Crippen LogP contribution < -0.4 is 0 Å². The fraction of sp³-hybridized carbons (Fsp3) is 0.500. The maximum atomic E-state index is 10.6. The molecule has 1 rings (SSSR count). The van der Waals surface area contributed by atoms with Crippen LogP contribution in [0, 0.1) is 5.92 Å². The molecule has 0 bridgehead atoms. The second kappa shape index (κ2) is 4.12. The van der Waals surface area contributed by atoms with Crippen molar-refractivity contribution in [2.75, 3.05) is 0 Å². The molecule has 1 heteroatoms. The largest absolute Gasteiger partial charge is 0.295 e. The summed E-state index contributed by atoms with van der Waals surface area (Å²) in [5.41, 5.74) is 0. The molecule has 1 aliphatic carbocycles. The lowest BCUT2D eigenvalue weighted by Gasteiger charge is -2.10. The van der Waals surface area contributed by atoms with Gasteiger partial charge < -0.3 is 0 Å². The third-order valence-corrected chi connectivity index (χ3v) is 1.87. The molecule has 0 spiro atoms. The van der Waals surface area contributed by atoms with Gasteiger partial charge in [0.1, 0.15) is 0 Å². The van der Waals surface area contributed by atoms with Crippen LogP contribution in [0.1, 0.15) is 26.2 Å². The van der Waals surface area contributed by atoms with E-state index in [9.17, 15) is 4.79 Å². The van der Waals surface area contributed by atoms with Gasteiger partial charge in [0.2, 0.25) is 0 Å². The summed E-state index contributed by atoms with van der Waals surface area (Å²) in [4.78, 5) is 10.6. The lowest BCUT2D eigenvalue weighted by molar-refractivity contribution is -0.112. The SMILES string of the molecule is CC(=O)C=CC1C=CCCC1. The highest BCUT2D eigenvalue weighted by Crippen LogP contribution is 2.17. The fourth-order valence-corrected chi connectivity index (χ4v) is 1.26. The molecule has 0 saturated carbocycles. The van der Waals surface area contributed by atoms with Gasteiger partial charge in [-0.25, -0.2) is 0 Å². The molecule has 0 saturated heterocycles. The van der Waals surface area contributed by atoms with Crippen molar-refractivity contribution in [2.24, 2.45) is 5.92 Å². The van der Waals surface area contributed by atoms with Crippen LogP contribution >= 0.6 is 0 Å². The Bertz CT molecular complexity index is 189. The molecule has 0 N–H and O–H groups in total. The van der Waals surface area contributed by atoms with E-state index in [1.165, 1.54) is 19.3 Å². The van der Waals surface area contributed by atoms with E-state index >= 15 is 0 Å². The molecular formula is C10H14O. The van der Waals surface area contributed by atoms with Crippen molar-refractivity contribution in [3.05, 3.63) is 24.3 Å². The Balaban J connectivity index is 2.41. The third kappa shape index (κ3) is 3.17. The Morgan fingerprint density at radius 3 is 3.00 bits per heavy atom. The van der Waals surface area contributed by atoms with Crippen molar-refractivity contribution in [3.8, 4) is 0 Å². The maximum Gasteiger partial charge on any atom is 0.152 e. The van der Waals surface area contributed by atoms with Crippen LogP contribution in [-0.2, 0) is 4.79 Å². The predicted octanol–water partition coefficient (Wildman–Crippen LogP) is 2.49. The summed E-state index contributed by atoms with van der Waals surface area (Å²) in [7, 11) is 0. The highest BCUT2D eigenvalue weighted by atomic mass is 16.1. The zero-order chi connectivity index (χ0) is 8.10. The Labute approximate surface area is 67.8 Å². The highest BCUT2D eigenvalue weighted by Gasteiger charge is 2.03. The highest BCUT2D eigenvalue weighted by molar-refractivity contribution is 5.87. The average Bonchev–Trinajstić information content (AvgIpc) is 2.03. The minimum Gasteiger partial charge on any atom is -0.295 e. The first-order valence-corrected chi connectivity index (χ1v) is 4.14. The lowest BCUT2D eigenvalue weighted by Crippen LogP contribution is -1.97. The lowest BCUT2D eigenvalue weighted by atomic mass is 9.95. The van der Waals surface area contributed by atoms with E-state index in [1.54, 1.807) is 13.0 Å². The van der Waals surface area contributed by atoms with Crippen molar-refractivity contribution < 1.29 is 4.79 Å². The first-order valence-electron chi connectivity index (χ1n) is 4.14. The Hall–Kier alpha value is -0.850. The van der Waals surface area contributed by atoms with Crippen molar-refractivity contribution in [1.29, 1.82) is 0 Å². The van der Waals surface area contributed by atoms with E-state index in [4.69, 9.17) is 0 Å². The van der Waals surface area contributed by atoms with Gasteiger partial charge in [-0.2, -0.15) is 0 Å². The van der Waals surface area contributed by atoms with Gasteiger partial charge in [0, 0.05) is 0 Å². The number of hydrogen-bond acceptors (Lipinski definition) is 1. The van der Waals surface area contributed by atoms with Gasteiger partial charge in [0.15, 0.2) is 5.78 Å². The Kier molecular flexibility index (Phi) is 3.09. The van der Waals surface area contributed by atoms with Gasteiger partial charge in [-0.1, -0.05) is 18.2 Å². The van der Waals surface area contributed by atoms with Crippen LogP contribution in [-0.4, -0.2) is 5.78 Å². The molecule has 0 aromatic rings. The van der Waals surface area contributed by atoms with E-state index in [2.05, 4.69) is 12.2 Å². The fourth-order valence-electron chi connectivity index (χ4n) is 1.26. The van der Waals surface area contributed by atoms with E-state index in [1.807, 2.05) is 6.08 Å². The second-order valence-electron chi connectivity index (χ2n) is 2.99. The van der Waals surface area contributed by atoms with Crippen LogP contribution in [0.3, 0.4) is 0 Å². The standard InChI is InChI=1S/C10H14O/c1-9(11)7-8-10-5-3-2-4-6-10/h3,5,7-8,10H,2,4,6H2,1H3. The molecule has 1 nitrogen and oxygen atoms in total. The number of rotatable bonds is 2. The molecule has 1 unspecified atom stereocenters. The summed E-state index contributed by atoms with van der Waals surface area (Å²) in [6, 6.07) is 0. The first-order chi connectivity index (χ1) is 5.29. The molecule has 0 heterocycles. The van der Waals surface area contributed by atoms with E-state index < -0.39 is 0 Å². The maximum absolute atomic E-state index is 10.6. The van der Waals surface area contributed by atoms with Crippen molar-refractivity contribution >= 4 is 5.78 Å². The minimum atomic E-state index is 0.143. The number of carbonyl (C=O) groups is 1. The monoisotopic (exact) mass is 150 g/mol. The van der Waals surface area contributed by atoms with Gasteiger partial charge in [-0.15, -0.1) is 0 Å². The van der Waals surface area contributed by atoms with Gasteiger partial charge in [0.25, 0.3) is 0 Å². The van der Waals surface area contributed by atoms with E-state index in [0.717, 1.165) is 0 Å². The summed E-state index contributed by atoms with van der Waals surface area (Å²) >= 11 is 0. The Morgan fingerprint density at radius 1 is 1.64 bits per heavy atom. The summed E-state index contributed by atoms with van der Waals surface area (Å²) in [5.74, 6) is 0.650. The van der Waals surface area contributed by atoms with Gasteiger partial charge >= 0.3 is 0 Å². The van der Waals surface area contributed by atoms with Gasteiger partial charge in [-0.05, 0) is 38.2 Å². The summed E-state index contributed by atoms with van der Waals surface area (Å²) < 4.78 is 0. The zero-order valence-corrected chi connectivity index (χ0v) is 6.92. The smallest absolute Gasteiger partial charge is 0.152 e. The molecule has 0 aliphatic heterocycles. The normalized spacial score (nSPS) is 24.3. The molecule has 0 aromatic heterocycles.